The summed E-state index contributed by atoms with van der Waals surface area (Å²) in [6.07, 6.45) is 1.67. The predicted octanol–water partition coefficient (Wildman–Crippen LogP) is 2.12. The van der Waals surface area contributed by atoms with E-state index in [-0.39, 0.29) is 0 Å². The van der Waals surface area contributed by atoms with E-state index in [1.165, 1.54) is 0 Å². The molecule has 0 saturated heterocycles. The Bertz CT molecular complexity index is 403. The molecule has 4 nitrogen and oxygen atoms in total. The number of aryl methyl sites for hydroxylation is 1. The van der Waals surface area contributed by atoms with Gasteiger partial charge in [-0.3, -0.25) is 0 Å². The Morgan fingerprint density at radius 3 is 2.65 bits per heavy atom. The second kappa shape index (κ2) is 5.91. The molecule has 1 rings (SSSR count). The number of nitrogens with zero attached hydrogens (tertiary/aromatic N) is 2. The first-order valence-corrected chi connectivity index (χ1v) is 6.20. The molecule has 1 atom stereocenters. The molecule has 1 aromatic rings. The Labute approximate surface area is 108 Å². The van der Waals surface area contributed by atoms with Gasteiger partial charge in [-0.1, -0.05) is 33.0 Å². The van der Waals surface area contributed by atoms with Crippen LogP contribution < -0.4 is 11.1 Å². The van der Waals surface area contributed by atoms with Gasteiger partial charge in [-0.25, -0.2) is 9.97 Å². The topological polar surface area (TPSA) is 63.8 Å². The van der Waals surface area contributed by atoms with Gasteiger partial charge in [-0.2, -0.15) is 0 Å². The van der Waals surface area contributed by atoms with Crippen molar-refractivity contribution < 1.29 is 0 Å². The zero-order valence-corrected chi connectivity index (χ0v) is 11.6. The Morgan fingerprint density at radius 1 is 1.47 bits per heavy atom. The molecule has 0 aliphatic carbocycles. The minimum absolute atomic E-state index is 0.324. The van der Waals surface area contributed by atoms with Crippen molar-refractivity contribution in [2.24, 2.45) is 17.6 Å². The van der Waals surface area contributed by atoms with Gasteiger partial charge in [0.05, 0.1) is 5.56 Å². The molecule has 1 heterocycles. The van der Waals surface area contributed by atoms with Crippen LogP contribution >= 0.6 is 12.2 Å². The largest absolute Gasteiger partial charge is 0.389 e. The lowest BCUT2D eigenvalue weighted by molar-refractivity contribution is 0.439. The Hall–Kier alpha value is -1.23. The highest BCUT2D eigenvalue weighted by Crippen LogP contribution is 2.14. The van der Waals surface area contributed by atoms with E-state index in [4.69, 9.17) is 18.0 Å². The molecule has 5 heteroatoms. The minimum Gasteiger partial charge on any atom is -0.389 e. The fraction of sp³-hybridized carbons (Fsp3) is 0.583. The van der Waals surface area contributed by atoms with E-state index in [1.807, 2.05) is 6.92 Å². The number of hydrogen-bond acceptors (Lipinski definition) is 4. The van der Waals surface area contributed by atoms with Gasteiger partial charge in [0.25, 0.3) is 0 Å². The fourth-order valence-electron chi connectivity index (χ4n) is 1.28. The highest BCUT2D eigenvalue weighted by Gasteiger charge is 2.11. The van der Waals surface area contributed by atoms with Crippen LogP contribution in [-0.2, 0) is 0 Å². The molecule has 0 aromatic carbocycles. The molecule has 17 heavy (non-hydrogen) atoms. The molecular formula is C12H20N4S. The molecule has 0 spiro atoms. The van der Waals surface area contributed by atoms with Gasteiger partial charge in [-0.15, -0.1) is 0 Å². The average Bonchev–Trinajstić information content (AvgIpc) is 2.25. The number of hydrogen-bond donors (Lipinski definition) is 2. The molecule has 0 amide bonds. The summed E-state index contributed by atoms with van der Waals surface area (Å²) in [5.41, 5.74) is 6.35. The van der Waals surface area contributed by atoms with Crippen molar-refractivity contribution >= 4 is 23.0 Å². The normalized spacial score (nSPS) is 12.5. The second-order valence-electron chi connectivity index (χ2n) is 4.65. The monoisotopic (exact) mass is 252 g/mol. The van der Waals surface area contributed by atoms with Crippen molar-refractivity contribution in [3.05, 3.63) is 17.6 Å². The third-order valence-corrected chi connectivity index (χ3v) is 3.12. The van der Waals surface area contributed by atoms with Crippen LogP contribution in [0.3, 0.4) is 0 Å². The van der Waals surface area contributed by atoms with Gasteiger partial charge in [0, 0.05) is 12.7 Å². The summed E-state index contributed by atoms with van der Waals surface area (Å²) in [6.45, 7) is 9.30. The van der Waals surface area contributed by atoms with Gasteiger partial charge in [0.1, 0.15) is 16.6 Å². The molecule has 1 unspecified atom stereocenters. The standard InChI is InChI=1S/C12H20N4S/c1-7(2)8(3)5-15-12-10(11(13)17)6-14-9(4)16-12/h6-8H,5H2,1-4H3,(H2,13,17)(H,14,15,16). The lowest BCUT2D eigenvalue weighted by Gasteiger charge is -2.17. The summed E-state index contributed by atoms with van der Waals surface area (Å²) in [5, 5.41) is 3.30. The first kappa shape index (κ1) is 13.8. The molecule has 0 saturated carbocycles. The number of nitrogens with one attached hydrogen (secondary N) is 1. The van der Waals surface area contributed by atoms with E-state index in [0.29, 0.717) is 28.2 Å². The number of thiocarbonyl (C=S) groups is 1. The first-order chi connectivity index (χ1) is 7.91. The molecule has 0 fully saturated rings. The van der Waals surface area contributed by atoms with Gasteiger partial charge in [0.2, 0.25) is 0 Å². The van der Waals surface area contributed by atoms with Crippen LogP contribution in [-0.4, -0.2) is 21.5 Å². The van der Waals surface area contributed by atoms with Crippen LogP contribution in [0, 0.1) is 18.8 Å². The number of anilines is 1. The van der Waals surface area contributed by atoms with Crippen LogP contribution in [0.1, 0.15) is 32.2 Å². The van der Waals surface area contributed by atoms with Crippen molar-refractivity contribution in [3.8, 4) is 0 Å². The van der Waals surface area contributed by atoms with Crippen molar-refractivity contribution in [1.82, 2.24) is 9.97 Å². The zero-order chi connectivity index (χ0) is 13.0. The van der Waals surface area contributed by atoms with Crippen molar-refractivity contribution in [2.75, 3.05) is 11.9 Å². The molecule has 0 radical (unpaired) electrons. The summed E-state index contributed by atoms with van der Waals surface area (Å²) in [5.74, 6) is 2.63. The van der Waals surface area contributed by atoms with Gasteiger partial charge in [-0.05, 0) is 18.8 Å². The van der Waals surface area contributed by atoms with Crippen LogP contribution in [0.25, 0.3) is 0 Å². The Kier molecular flexibility index (Phi) is 4.81. The van der Waals surface area contributed by atoms with E-state index in [2.05, 4.69) is 36.1 Å². The van der Waals surface area contributed by atoms with Gasteiger partial charge in [0.15, 0.2) is 0 Å². The highest BCUT2D eigenvalue weighted by molar-refractivity contribution is 7.80. The second-order valence-corrected chi connectivity index (χ2v) is 5.09. The summed E-state index contributed by atoms with van der Waals surface area (Å²) in [7, 11) is 0. The third kappa shape index (κ3) is 3.93. The van der Waals surface area contributed by atoms with Crippen LogP contribution in [0.2, 0.25) is 0 Å². The van der Waals surface area contributed by atoms with E-state index >= 15 is 0 Å². The molecule has 94 valence electrons. The summed E-state index contributed by atoms with van der Waals surface area (Å²) >= 11 is 4.98. The van der Waals surface area contributed by atoms with Crippen molar-refractivity contribution in [3.63, 3.8) is 0 Å². The quantitative estimate of drug-likeness (QED) is 0.786. The Morgan fingerprint density at radius 2 is 2.12 bits per heavy atom. The molecule has 0 aliphatic rings. The van der Waals surface area contributed by atoms with Crippen LogP contribution in [0.5, 0.6) is 0 Å². The molecule has 0 aliphatic heterocycles. The van der Waals surface area contributed by atoms with Gasteiger partial charge >= 0.3 is 0 Å². The Balaban J connectivity index is 2.82. The molecule has 0 bridgehead atoms. The SMILES string of the molecule is Cc1ncc(C(N)=S)c(NCC(C)C(C)C)n1. The van der Waals surface area contributed by atoms with Crippen molar-refractivity contribution in [1.29, 1.82) is 0 Å². The smallest absolute Gasteiger partial charge is 0.139 e. The maximum Gasteiger partial charge on any atom is 0.139 e. The maximum absolute atomic E-state index is 5.64. The number of rotatable bonds is 5. The van der Waals surface area contributed by atoms with E-state index < -0.39 is 0 Å². The van der Waals surface area contributed by atoms with E-state index in [9.17, 15) is 0 Å². The molecule has 1 aromatic heterocycles. The molecular weight excluding hydrogens is 232 g/mol. The van der Waals surface area contributed by atoms with Gasteiger partial charge < -0.3 is 11.1 Å². The average molecular weight is 252 g/mol. The minimum atomic E-state index is 0.324. The summed E-state index contributed by atoms with van der Waals surface area (Å²) in [6, 6.07) is 0. The summed E-state index contributed by atoms with van der Waals surface area (Å²) in [4.78, 5) is 8.76. The number of aromatic nitrogens is 2. The lowest BCUT2D eigenvalue weighted by Crippen LogP contribution is -2.20. The fourth-order valence-corrected chi connectivity index (χ4v) is 1.43. The number of nitrogens with two attached hydrogens (primary N) is 1. The van der Waals surface area contributed by atoms with E-state index in [0.717, 1.165) is 12.4 Å². The maximum atomic E-state index is 5.64. The van der Waals surface area contributed by atoms with Crippen LogP contribution in [0.4, 0.5) is 5.82 Å². The third-order valence-electron chi connectivity index (χ3n) is 2.90. The van der Waals surface area contributed by atoms with Crippen molar-refractivity contribution in [2.45, 2.75) is 27.7 Å². The highest BCUT2D eigenvalue weighted by atomic mass is 32.1. The first-order valence-electron chi connectivity index (χ1n) is 5.79. The van der Waals surface area contributed by atoms with E-state index in [1.54, 1.807) is 6.20 Å². The lowest BCUT2D eigenvalue weighted by atomic mass is 9.98. The van der Waals surface area contributed by atoms with Crippen LogP contribution in [0.15, 0.2) is 6.20 Å². The molecule has 3 N–H and O–H groups in total. The zero-order valence-electron chi connectivity index (χ0n) is 10.8. The summed E-state index contributed by atoms with van der Waals surface area (Å²) < 4.78 is 0. The predicted molar refractivity (Wildman–Crippen MR) is 75.1 cm³/mol.